The molecule has 2 N–H and O–H groups in total. The van der Waals surface area contributed by atoms with E-state index in [9.17, 15) is 16.8 Å². The highest BCUT2D eigenvalue weighted by Gasteiger charge is 2.41. The molecular weight excluding hydrogens is 300 g/mol. The SMILES string of the molecule is CCCN(CC(C)(C)CN)S(=O)(=O)C1CCS(=O)(=O)C1. The predicted molar refractivity (Wildman–Crippen MR) is 80.7 cm³/mol. The first-order valence-corrected chi connectivity index (χ1v) is 10.3. The largest absolute Gasteiger partial charge is 0.330 e. The lowest BCUT2D eigenvalue weighted by Gasteiger charge is -2.32. The van der Waals surface area contributed by atoms with Gasteiger partial charge in [-0.3, -0.25) is 0 Å². The fourth-order valence-electron chi connectivity index (χ4n) is 2.29. The number of rotatable bonds is 7. The van der Waals surface area contributed by atoms with Crippen molar-refractivity contribution in [1.29, 1.82) is 0 Å². The van der Waals surface area contributed by atoms with Crippen LogP contribution in [0.4, 0.5) is 0 Å². The molecular formula is C12H26N2O4S2. The van der Waals surface area contributed by atoms with E-state index in [1.807, 2.05) is 20.8 Å². The Bertz CT molecular complexity index is 526. The number of hydrogen-bond donors (Lipinski definition) is 1. The minimum absolute atomic E-state index is 0.0306. The molecule has 0 bridgehead atoms. The molecule has 0 amide bonds. The molecule has 0 aromatic rings. The van der Waals surface area contributed by atoms with Crippen molar-refractivity contribution in [2.24, 2.45) is 11.1 Å². The van der Waals surface area contributed by atoms with Crippen LogP contribution in [0.3, 0.4) is 0 Å². The van der Waals surface area contributed by atoms with Gasteiger partial charge in [-0.1, -0.05) is 20.8 Å². The minimum atomic E-state index is -3.58. The summed E-state index contributed by atoms with van der Waals surface area (Å²) in [7, 11) is -6.79. The van der Waals surface area contributed by atoms with Crippen LogP contribution in [0.5, 0.6) is 0 Å². The zero-order valence-electron chi connectivity index (χ0n) is 12.5. The van der Waals surface area contributed by atoms with Gasteiger partial charge in [0.1, 0.15) is 0 Å². The van der Waals surface area contributed by atoms with E-state index in [1.54, 1.807) is 0 Å². The molecule has 20 heavy (non-hydrogen) atoms. The highest BCUT2D eigenvalue weighted by atomic mass is 32.2. The molecule has 1 atom stereocenters. The van der Waals surface area contributed by atoms with E-state index in [0.717, 1.165) is 0 Å². The topological polar surface area (TPSA) is 97.5 Å². The molecule has 6 nitrogen and oxygen atoms in total. The number of sulfone groups is 1. The lowest BCUT2D eigenvalue weighted by Crippen LogP contribution is -2.46. The van der Waals surface area contributed by atoms with Gasteiger partial charge < -0.3 is 5.73 Å². The monoisotopic (exact) mass is 326 g/mol. The van der Waals surface area contributed by atoms with E-state index in [2.05, 4.69) is 0 Å². The van der Waals surface area contributed by atoms with Crippen molar-refractivity contribution in [3.05, 3.63) is 0 Å². The molecule has 0 spiro atoms. The molecule has 0 aromatic carbocycles. The Labute approximate surface area is 122 Å². The van der Waals surface area contributed by atoms with E-state index in [4.69, 9.17) is 5.73 Å². The quantitative estimate of drug-likeness (QED) is 0.721. The van der Waals surface area contributed by atoms with Crippen LogP contribution in [0.1, 0.15) is 33.6 Å². The smallest absolute Gasteiger partial charge is 0.218 e. The molecule has 0 saturated carbocycles. The molecule has 1 aliphatic rings. The molecule has 1 saturated heterocycles. The third kappa shape index (κ3) is 4.41. The molecule has 120 valence electrons. The Hall–Kier alpha value is -0.180. The average Bonchev–Trinajstić information content (AvgIpc) is 2.69. The molecule has 1 rings (SSSR count). The first-order chi connectivity index (χ1) is 9.04. The van der Waals surface area contributed by atoms with Crippen LogP contribution >= 0.6 is 0 Å². The van der Waals surface area contributed by atoms with Crippen molar-refractivity contribution >= 4 is 19.9 Å². The van der Waals surface area contributed by atoms with Gasteiger partial charge >= 0.3 is 0 Å². The van der Waals surface area contributed by atoms with Gasteiger partial charge in [-0.05, 0) is 24.8 Å². The summed E-state index contributed by atoms with van der Waals surface area (Å²) >= 11 is 0. The molecule has 1 heterocycles. The van der Waals surface area contributed by atoms with E-state index < -0.39 is 25.1 Å². The first kappa shape index (κ1) is 17.9. The second-order valence-corrected chi connectivity index (χ2v) is 10.7. The maximum Gasteiger partial charge on any atom is 0.218 e. The van der Waals surface area contributed by atoms with Crippen molar-refractivity contribution in [1.82, 2.24) is 4.31 Å². The second-order valence-electron chi connectivity index (χ2n) is 6.27. The molecule has 8 heteroatoms. The lowest BCUT2D eigenvalue weighted by molar-refractivity contribution is 0.265. The van der Waals surface area contributed by atoms with E-state index in [0.29, 0.717) is 26.1 Å². The molecule has 0 radical (unpaired) electrons. The number of hydrogen-bond acceptors (Lipinski definition) is 5. The summed E-state index contributed by atoms with van der Waals surface area (Å²) in [6, 6.07) is 0. The van der Waals surface area contributed by atoms with Gasteiger partial charge in [-0.15, -0.1) is 0 Å². The number of sulfonamides is 1. The Kier molecular flexibility index (Phi) is 5.62. The number of nitrogens with two attached hydrogens (primary N) is 1. The minimum Gasteiger partial charge on any atom is -0.330 e. The summed E-state index contributed by atoms with van der Waals surface area (Å²) in [6.45, 7) is 6.85. The third-order valence-electron chi connectivity index (χ3n) is 3.60. The molecule has 1 unspecified atom stereocenters. The highest BCUT2D eigenvalue weighted by molar-refractivity contribution is 7.95. The van der Waals surface area contributed by atoms with Gasteiger partial charge in [0.2, 0.25) is 10.0 Å². The Morgan fingerprint density at radius 3 is 2.35 bits per heavy atom. The fourth-order valence-corrected chi connectivity index (χ4v) is 7.10. The third-order valence-corrected chi connectivity index (χ3v) is 7.86. The van der Waals surface area contributed by atoms with Gasteiger partial charge in [-0.25, -0.2) is 21.1 Å². The Morgan fingerprint density at radius 2 is 1.95 bits per heavy atom. The van der Waals surface area contributed by atoms with Crippen LogP contribution in [-0.4, -0.2) is 57.5 Å². The first-order valence-electron chi connectivity index (χ1n) is 6.93. The summed E-state index contributed by atoms with van der Waals surface area (Å²) in [5.41, 5.74) is 5.35. The number of nitrogens with zero attached hydrogens (tertiary/aromatic N) is 1. The maximum atomic E-state index is 12.6. The molecule has 1 fully saturated rings. The molecule has 0 aromatic heterocycles. The van der Waals surface area contributed by atoms with E-state index in [-0.39, 0.29) is 23.3 Å². The van der Waals surface area contributed by atoms with E-state index >= 15 is 0 Å². The summed E-state index contributed by atoms with van der Waals surface area (Å²) in [6.07, 6.45) is 0.896. The van der Waals surface area contributed by atoms with Crippen molar-refractivity contribution in [3.63, 3.8) is 0 Å². The predicted octanol–water partition coefficient (Wildman–Crippen LogP) is 0.200. The van der Waals surface area contributed by atoms with Crippen LogP contribution < -0.4 is 5.73 Å². The summed E-state index contributed by atoms with van der Waals surface area (Å²) in [4.78, 5) is 0. The zero-order valence-corrected chi connectivity index (χ0v) is 14.1. The van der Waals surface area contributed by atoms with Crippen LogP contribution in [0.15, 0.2) is 0 Å². The van der Waals surface area contributed by atoms with Crippen LogP contribution in [0.25, 0.3) is 0 Å². The van der Waals surface area contributed by atoms with Crippen molar-refractivity contribution < 1.29 is 16.8 Å². The van der Waals surface area contributed by atoms with Crippen LogP contribution in [-0.2, 0) is 19.9 Å². The zero-order chi connectivity index (χ0) is 15.6. The van der Waals surface area contributed by atoms with Gasteiger partial charge in [0, 0.05) is 13.1 Å². The molecule has 1 aliphatic heterocycles. The van der Waals surface area contributed by atoms with Crippen LogP contribution in [0.2, 0.25) is 0 Å². The maximum absolute atomic E-state index is 12.6. The van der Waals surface area contributed by atoms with Crippen molar-refractivity contribution in [2.45, 2.75) is 38.9 Å². The average molecular weight is 326 g/mol. The lowest BCUT2D eigenvalue weighted by atomic mass is 9.94. The fraction of sp³-hybridized carbons (Fsp3) is 1.00. The van der Waals surface area contributed by atoms with Gasteiger partial charge in [-0.2, -0.15) is 0 Å². The summed E-state index contributed by atoms with van der Waals surface area (Å²) in [5, 5.41) is -0.798. The van der Waals surface area contributed by atoms with Crippen LogP contribution in [0, 0.1) is 5.41 Å². The Balaban J connectivity index is 2.95. The van der Waals surface area contributed by atoms with Gasteiger partial charge in [0.25, 0.3) is 0 Å². The second kappa shape index (κ2) is 6.29. The molecule has 0 aliphatic carbocycles. The standard InChI is InChI=1S/C12H26N2O4S2/c1-4-6-14(10-12(2,3)9-13)20(17,18)11-5-7-19(15,16)8-11/h11H,4-10,13H2,1-3H3. The normalized spacial score (nSPS) is 23.4. The van der Waals surface area contributed by atoms with E-state index in [1.165, 1.54) is 4.31 Å². The highest BCUT2D eigenvalue weighted by Crippen LogP contribution is 2.25. The Morgan fingerprint density at radius 1 is 1.35 bits per heavy atom. The summed E-state index contributed by atoms with van der Waals surface area (Å²) < 4.78 is 49.7. The van der Waals surface area contributed by atoms with Gasteiger partial charge in [0.15, 0.2) is 9.84 Å². The summed E-state index contributed by atoms with van der Waals surface area (Å²) in [5.74, 6) is -0.282. The van der Waals surface area contributed by atoms with Crippen molar-refractivity contribution in [2.75, 3.05) is 31.1 Å². The van der Waals surface area contributed by atoms with Crippen molar-refractivity contribution in [3.8, 4) is 0 Å². The van der Waals surface area contributed by atoms with Gasteiger partial charge in [0.05, 0.1) is 16.8 Å².